The molecule has 1 aliphatic heterocycles. The van der Waals surface area contributed by atoms with Crippen molar-refractivity contribution >= 4 is 33.3 Å². The summed E-state index contributed by atoms with van der Waals surface area (Å²) in [6.07, 6.45) is 2.78. The molecule has 28 heavy (non-hydrogen) atoms. The molecular formula is C22H24N2O2S2. The van der Waals surface area contributed by atoms with Gasteiger partial charge in [0.1, 0.15) is 4.83 Å². The van der Waals surface area contributed by atoms with Gasteiger partial charge in [-0.15, -0.1) is 17.9 Å². The lowest BCUT2D eigenvalue weighted by atomic mass is 9.96. The van der Waals surface area contributed by atoms with E-state index in [1.807, 2.05) is 41.0 Å². The lowest BCUT2D eigenvalue weighted by Crippen LogP contribution is -2.28. The maximum absolute atomic E-state index is 13.6. The highest BCUT2D eigenvalue weighted by molar-refractivity contribution is 7.99. The van der Waals surface area contributed by atoms with Crippen molar-refractivity contribution in [1.29, 1.82) is 0 Å². The number of ether oxygens (including phenoxy) is 1. The summed E-state index contributed by atoms with van der Waals surface area (Å²) in [7, 11) is 0. The normalized spacial score (nSPS) is 16.5. The van der Waals surface area contributed by atoms with Crippen LogP contribution in [0.5, 0.6) is 0 Å². The van der Waals surface area contributed by atoms with E-state index in [0.717, 1.165) is 43.6 Å². The zero-order valence-electron chi connectivity index (χ0n) is 16.2. The van der Waals surface area contributed by atoms with Gasteiger partial charge < -0.3 is 4.74 Å². The molecule has 0 aliphatic carbocycles. The first-order valence-corrected chi connectivity index (χ1v) is 11.3. The van der Waals surface area contributed by atoms with Crippen LogP contribution >= 0.6 is 23.1 Å². The summed E-state index contributed by atoms with van der Waals surface area (Å²) < 4.78 is 7.83. The van der Waals surface area contributed by atoms with E-state index in [4.69, 9.17) is 9.72 Å². The van der Waals surface area contributed by atoms with Crippen molar-refractivity contribution in [3.8, 4) is 0 Å². The van der Waals surface area contributed by atoms with Crippen LogP contribution in [0.2, 0.25) is 0 Å². The molecule has 1 aliphatic rings. The SMILES string of the molecule is C=CCSc1nc2sc3c(c2c(=O)n1Cc1ccccc1)CC(C(C)C)OC3. The number of hydrogen-bond donors (Lipinski definition) is 0. The largest absolute Gasteiger partial charge is 0.372 e. The summed E-state index contributed by atoms with van der Waals surface area (Å²) in [6.45, 7) is 9.24. The fourth-order valence-electron chi connectivity index (χ4n) is 3.52. The van der Waals surface area contributed by atoms with Crippen molar-refractivity contribution in [1.82, 2.24) is 9.55 Å². The highest BCUT2D eigenvalue weighted by Crippen LogP contribution is 2.36. The minimum atomic E-state index is 0.0577. The Balaban J connectivity index is 1.85. The molecule has 0 N–H and O–H groups in total. The Morgan fingerprint density at radius 1 is 1.39 bits per heavy atom. The minimum absolute atomic E-state index is 0.0577. The fourth-order valence-corrected chi connectivity index (χ4v) is 5.42. The van der Waals surface area contributed by atoms with E-state index < -0.39 is 0 Å². The molecule has 0 bridgehead atoms. The molecule has 3 aromatic rings. The number of aromatic nitrogens is 2. The molecule has 2 aromatic heterocycles. The Morgan fingerprint density at radius 3 is 2.89 bits per heavy atom. The standard InChI is InChI=1S/C22H24N2O2S2/c1-4-10-27-22-23-20-19(16-11-17(14(2)3)26-13-18(16)28-20)21(25)24(22)12-15-8-6-5-7-9-15/h4-9,14,17H,1,10-13H2,2-3H3. The van der Waals surface area contributed by atoms with Crippen molar-refractivity contribution in [3.05, 3.63) is 69.3 Å². The van der Waals surface area contributed by atoms with E-state index in [0.29, 0.717) is 19.1 Å². The molecule has 0 spiro atoms. The Kier molecular flexibility index (Phi) is 5.71. The first-order valence-electron chi connectivity index (χ1n) is 9.52. The van der Waals surface area contributed by atoms with E-state index in [-0.39, 0.29) is 11.7 Å². The molecule has 0 amide bonds. The van der Waals surface area contributed by atoms with E-state index in [1.165, 1.54) is 0 Å². The molecule has 4 rings (SSSR count). The molecule has 0 radical (unpaired) electrons. The Labute approximate surface area is 173 Å². The van der Waals surface area contributed by atoms with Crippen molar-refractivity contribution in [3.63, 3.8) is 0 Å². The van der Waals surface area contributed by atoms with E-state index in [2.05, 4.69) is 20.4 Å². The highest BCUT2D eigenvalue weighted by Gasteiger charge is 2.28. The summed E-state index contributed by atoms with van der Waals surface area (Å²) in [5.74, 6) is 1.14. The molecule has 4 nitrogen and oxygen atoms in total. The number of thiophene rings is 1. The summed E-state index contributed by atoms with van der Waals surface area (Å²) in [6, 6.07) is 10.1. The lowest BCUT2D eigenvalue weighted by molar-refractivity contribution is 0.00200. The molecule has 1 atom stereocenters. The molecule has 146 valence electrons. The van der Waals surface area contributed by atoms with Crippen molar-refractivity contribution in [2.45, 2.75) is 44.7 Å². The van der Waals surface area contributed by atoms with Crippen molar-refractivity contribution in [2.75, 3.05) is 5.75 Å². The van der Waals surface area contributed by atoms with Gasteiger partial charge >= 0.3 is 0 Å². The van der Waals surface area contributed by atoms with Crippen molar-refractivity contribution in [2.24, 2.45) is 5.92 Å². The molecule has 6 heteroatoms. The van der Waals surface area contributed by atoms with Crippen LogP contribution in [0.1, 0.15) is 29.9 Å². The van der Waals surface area contributed by atoms with Gasteiger partial charge in [0.05, 0.1) is 24.6 Å². The van der Waals surface area contributed by atoms with Gasteiger partial charge in [0, 0.05) is 17.1 Å². The van der Waals surface area contributed by atoms with Crippen molar-refractivity contribution < 1.29 is 4.74 Å². The third-order valence-electron chi connectivity index (χ3n) is 5.05. The molecule has 1 unspecified atom stereocenters. The van der Waals surface area contributed by atoms with E-state index in [9.17, 15) is 4.79 Å². The number of rotatable bonds is 6. The second-order valence-corrected chi connectivity index (χ2v) is 9.42. The predicted octanol–water partition coefficient (Wildman–Crippen LogP) is 4.88. The summed E-state index contributed by atoms with van der Waals surface area (Å²) in [5.41, 5.74) is 2.30. The van der Waals surface area contributed by atoms with Gasteiger partial charge in [0.25, 0.3) is 5.56 Å². The van der Waals surface area contributed by atoms with Gasteiger partial charge in [-0.05, 0) is 17.0 Å². The second kappa shape index (κ2) is 8.23. The van der Waals surface area contributed by atoms with Gasteiger partial charge in [-0.1, -0.05) is 62.0 Å². The molecule has 1 aromatic carbocycles. The van der Waals surface area contributed by atoms with E-state index >= 15 is 0 Å². The molecule has 0 saturated carbocycles. The van der Waals surface area contributed by atoms with Crippen LogP contribution in [0, 0.1) is 5.92 Å². The minimum Gasteiger partial charge on any atom is -0.372 e. The zero-order chi connectivity index (χ0) is 19.7. The van der Waals surface area contributed by atoms with Gasteiger partial charge in [0.2, 0.25) is 0 Å². The average Bonchev–Trinajstić information content (AvgIpc) is 3.07. The van der Waals surface area contributed by atoms with E-state index in [1.54, 1.807) is 23.1 Å². The van der Waals surface area contributed by atoms with Crippen LogP contribution in [0.4, 0.5) is 0 Å². The van der Waals surface area contributed by atoms with Gasteiger partial charge in [0.15, 0.2) is 5.16 Å². The number of benzene rings is 1. The van der Waals surface area contributed by atoms with Crippen LogP contribution in [-0.4, -0.2) is 21.4 Å². The maximum Gasteiger partial charge on any atom is 0.263 e. The molecule has 3 heterocycles. The summed E-state index contributed by atoms with van der Waals surface area (Å²) in [5, 5.41) is 1.54. The van der Waals surface area contributed by atoms with Crippen LogP contribution in [-0.2, 0) is 24.3 Å². The molecular weight excluding hydrogens is 388 g/mol. The molecule has 0 fully saturated rings. The number of hydrogen-bond acceptors (Lipinski definition) is 5. The monoisotopic (exact) mass is 412 g/mol. The Hall–Kier alpha value is -1.89. The zero-order valence-corrected chi connectivity index (χ0v) is 17.8. The van der Waals surface area contributed by atoms with Gasteiger partial charge in [-0.2, -0.15) is 0 Å². The van der Waals surface area contributed by atoms with Gasteiger partial charge in [-0.25, -0.2) is 4.98 Å². The Morgan fingerprint density at radius 2 is 2.18 bits per heavy atom. The van der Waals surface area contributed by atoms with Crippen LogP contribution in [0.15, 0.2) is 52.9 Å². The molecule has 0 saturated heterocycles. The first kappa shape index (κ1) is 19.4. The third kappa shape index (κ3) is 3.69. The Bertz CT molecular complexity index is 1050. The number of fused-ring (bicyclic) bond motifs is 3. The number of nitrogens with zero attached hydrogens (tertiary/aromatic N) is 2. The number of thioether (sulfide) groups is 1. The van der Waals surface area contributed by atoms with Crippen LogP contribution < -0.4 is 5.56 Å². The quantitative estimate of drug-likeness (QED) is 0.329. The lowest BCUT2D eigenvalue weighted by Gasteiger charge is -2.26. The van der Waals surface area contributed by atoms with Gasteiger partial charge in [-0.3, -0.25) is 9.36 Å². The maximum atomic E-state index is 13.6. The predicted molar refractivity (Wildman–Crippen MR) is 117 cm³/mol. The smallest absolute Gasteiger partial charge is 0.263 e. The van der Waals surface area contributed by atoms with Crippen LogP contribution in [0.25, 0.3) is 10.2 Å². The van der Waals surface area contributed by atoms with Crippen LogP contribution in [0.3, 0.4) is 0 Å². The third-order valence-corrected chi connectivity index (χ3v) is 7.12. The summed E-state index contributed by atoms with van der Waals surface area (Å²) in [4.78, 5) is 20.4. The topological polar surface area (TPSA) is 44.1 Å². The first-order chi connectivity index (χ1) is 13.6. The average molecular weight is 413 g/mol. The fraction of sp³-hybridized carbons (Fsp3) is 0.364. The highest BCUT2D eigenvalue weighted by atomic mass is 32.2. The second-order valence-electron chi connectivity index (χ2n) is 7.35. The summed E-state index contributed by atoms with van der Waals surface area (Å²) >= 11 is 3.16.